The Hall–Kier alpha value is -3.07. The van der Waals surface area contributed by atoms with E-state index in [2.05, 4.69) is 34.5 Å². The zero-order valence-electron chi connectivity index (χ0n) is 23.3. The number of hydrogen-bond donors (Lipinski definition) is 4. The Labute approximate surface area is 236 Å². The Balaban J connectivity index is 1.38. The number of phenolic OH excluding ortho intramolecular Hbond substituents is 1. The van der Waals surface area contributed by atoms with Gasteiger partial charge in [0.1, 0.15) is 17.3 Å². The number of phenols is 1. The molecule has 0 amide bonds. The number of nitrogens with zero attached hydrogens (tertiary/aromatic N) is 1. The molecule has 1 fully saturated rings. The molecule has 0 saturated carbocycles. The normalized spacial score (nSPS) is 19.6. The molecule has 216 valence electrons. The quantitative estimate of drug-likeness (QED) is 0.219. The van der Waals surface area contributed by atoms with Crippen molar-refractivity contribution in [2.75, 3.05) is 31.6 Å². The lowest BCUT2D eigenvalue weighted by molar-refractivity contribution is -0.131. The lowest BCUT2D eigenvalue weighted by Crippen LogP contribution is -2.38. The third kappa shape index (κ3) is 7.56. The zero-order valence-corrected chi connectivity index (χ0v) is 23.3. The minimum absolute atomic E-state index is 0.00411. The zero-order chi connectivity index (χ0) is 28.6. The van der Waals surface area contributed by atoms with Gasteiger partial charge in [-0.05, 0) is 68.1 Å². The van der Waals surface area contributed by atoms with Crippen molar-refractivity contribution >= 4 is 23.0 Å². The number of nitrogens with one attached hydrogen (secondary N) is 1. The lowest BCUT2D eigenvalue weighted by Gasteiger charge is -2.34. The number of piperidine rings is 1. The molecule has 0 radical (unpaired) electrons. The molecule has 2 aromatic rings. The fourth-order valence-corrected chi connectivity index (χ4v) is 6.41. The Kier molecular flexibility index (Phi) is 10.5. The molecule has 3 unspecified atom stereocenters. The average Bonchev–Trinajstić information content (AvgIpc) is 2.92. The van der Waals surface area contributed by atoms with E-state index < -0.39 is 12.5 Å². The van der Waals surface area contributed by atoms with Crippen LogP contribution in [-0.4, -0.2) is 69.9 Å². The summed E-state index contributed by atoms with van der Waals surface area (Å²) in [5, 5.41) is 34.0. The first kappa shape index (κ1) is 29.9. The van der Waals surface area contributed by atoms with Gasteiger partial charge >= 0.3 is 0 Å². The van der Waals surface area contributed by atoms with Crippen molar-refractivity contribution in [3.8, 4) is 5.75 Å². The summed E-state index contributed by atoms with van der Waals surface area (Å²) < 4.78 is 0. The van der Waals surface area contributed by atoms with Crippen LogP contribution in [0.25, 0.3) is 0 Å². The fraction of sp³-hybridized carbons (Fsp3) is 0.531. The molecule has 4 rings (SSSR count). The lowest BCUT2D eigenvalue weighted by atomic mass is 9.73. The van der Waals surface area contributed by atoms with Crippen LogP contribution in [0.4, 0.5) is 5.69 Å². The van der Waals surface area contributed by atoms with Gasteiger partial charge in [0.05, 0.1) is 24.3 Å². The second-order valence-electron chi connectivity index (χ2n) is 11.5. The Bertz CT molecular complexity index is 1180. The van der Waals surface area contributed by atoms with Crippen LogP contribution in [0.1, 0.15) is 66.9 Å². The van der Waals surface area contributed by atoms with Gasteiger partial charge < -0.3 is 20.6 Å². The molecular weight excluding hydrogens is 508 g/mol. The van der Waals surface area contributed by atoms with Crippen LogP contribution in [0.15, 0.2) is 42.5 Å². The number of aliphatic hydroxyl groups excluding tert-OH is 2. The van der Waals surface area contributed by atoms with E-state index in [0.29, 0.717) is 30.5 Å². The number of carbonyl (C=O) groups excluding carboxylic acids is 3. The third-order valence-electron chi connectivity index (χ3n) is 8.46. The number of likely N-dealkylation sites (tertiary alicyclic amines) is 1. The molecule has 3 atom stereocenters. The first-order chi connectivity index (χ1) is 19.3. The highest BCUT2D eigenvalue weighted by atomic mass is 16.3. The maximum atomic E-state index is 13.2. The summed E-state index contributed by atoms with van der Waals surface area (Å²) in [6.45, 7) is 3.64. The van der Waals surface area contributed by atoms with Crippen LogP contribution in [-0.2, 0) is 22.6 Å². The van der Waals surface area contributed by atoms with Crippen LogP contribution in [0, 0.1) is 17.8 Å². The summed E-state index contributed by atoms with van der Waals surface area (Å²) in [6.07, 6.45) is 3.22. The number of fused-ring (bicyclic) bond motifs is 1. The molecule has 1 aliphatic carbocycles. The fourth-order valence-electron chi connectivity index (χ4n) is 6.41. The van der Waals surface area contributed by atoms with E-state index >= 15 is 0 Å². The highest BCUT2D eigenvalue weighted by molar-refractivity contribution is 6.03. The standard InChI is InChI=1S/C32H42N2O6/c1-21(37)15-29(38)27(20-36)24(11-14-35)16-23-17-25-7-8-28(32(40)31(25)30(39)18-23)33-26-9-12-34(13-10-26)19-22-5-3-2-4-6-22/h2-8,23-24,26-27,33,35-36,40H,9-20H2,1H3. The van der Waals surface area contributed by atoms with Crippen LogP contribution >= 0.6 is 0 Å². The summed E-state index contributed by atoms with van der Waals surface area (Å²) in [5.74, 6) is -1.87. The number of carbonyl (C=O) groups is 3. The molecule has 1 saturated heterocycles. The summed E-state index contributed by atoms with van der Waals surface area (Å²) >= 11 is 0. The molecule has 8 heteroatoms. The van der Waals surface area contributed by atoms with Crippen molar-refractivity contribution in [2.24, 2.45) is 17.8 Å². The summed E-state index contributed by atoms with van der Waals surface area (Å²) in [5.41, 5.74) is 3.03. The maximum Gasteiger partial charge on any atom is 0.167 e. The van der Waals surface area contributed by atoms with Crippen molar-refractivity contribution < 1.29 is 29.7 Å². The van der Waals surface area contributed by atoms with E-state index in [9.17, 15) is 29.7 Å². The number of Topliss-reactive ketones (excluding diaryl/α,β-unsaturated/α-hetero) is 3. The molecule has 0 spiro atoms. The van der Waals surface area contributed by atoms with Gasteiger partial charge in [-0.1, -0.05) is 36.4 Å². The van der Waals surface area contributed by atoms with Gasteiger partial charge in [-0.15, -0.1) is 0 Å². The second kappa shape index (κ2) is 14.0. The highest BCUT2D eigenvalue weighted by Gasteiger charge is 2.34. The van der Waals surface area contributed by atoms with E-state index in [1.54, 1.807) is 0 Å². The maximum absolute atomic E-state index is 13.2. The van der Waals surface area contributed by atoms with Gasteiger partial charge in [-0.3, -0.25) is 19.3 Å². The molecule has 0 aromatic heterocycles. The molecule has 4 N–H and O–H groups in total. The minimum Gasteiger partial charge on any atom is -0.505 e. The van der Waals surface area contributed by atoms with Gasteiger partial charge in [0.15, 0.2) is 5.78 Å². The SMILES string of the molecule is CC(=O)CC(=O)C(CO)C(CCO)CC1CC(=O)c2c(ccc(NC3CCN(Cc4ccccc4)CC3)c2O)C1. The number of aromatic hydroxyl groups is 1. The van der Waals surface area contributed by atoms with Gasteiger partial charge in [-0.25, -0.2) is 0 Å². The predicted octanol–water partition coefficient (Wildman–Crippen LogP) is 3.76. The van der Waals surface area contributed by atoms with E-state index in [4.69, 9.17) is 0 Å². The Morgan fingerprint density at radius 3 is 2.42 bits per heavy atom. The third-order valence-corrected chi connectivity index (χ3v) is 8.46. The first-order valence-electron chi connectivity index (χ1n) is 14.4. The monoisotopic (exact) mass is 550 g/mol. The van der Waals surface area contributed by atoms with E-state index in [1.807, 2.05) is 18.2 Å². The van der Waals surface area contributed by atoms with E-state index in [1.165, 1.54) is 12.5 Å². The number of anilines is 1. The van der Waals surface area contributed by atoms with Crippen LogP contribution < -0.4 is 5.32 Å². The van der Waals surface area contributed by atoms with Crippen molar-refractivity contribution in [3.63, 3.8) is 0 Å². The van der Waals surface area contributed by atoms with Gasteiger partial charge in [0, 0.05) is 44.6 Å². The smallest absolute Gasteiger partial charge is 0.167 e. The number of ketones is 3. The molecule has 8 nitrogen and oxygen atoms in total. The van der Waals surface area contributed by atoms with Crippen molar-refractivity contribution in [3.05, 3.63) is 59.2 Å². The number of aliphatic hydroxyl groups is 2. The van der Waals surface area contributed by atoms with Crippen molar-refractivity contribution in [1.29, 1.82) is 0 Å². The molecule has 40 heavy (non-hydrogen) atoms. The molecule has 2 aliphatic rings. The van der Waals surface area contributed by atoms with Crippen molar-refractivity contribution in [1.82, 2.24) is 4.90 Å². The topological polar surface area (TPSA) is 127 Å². The molecule has 1 heterocycles. The molecule has 0 bridgehead atoms. The Morgan fingerprint density at radius 1 is 1.05 bits per heavy atom. The summed E-state index contributed by atoms with van der Waals surface area (Å²) in [7, 11) is 0. The van der Waals surface area contributed by atoms with Gasteiger partial charge in [-0.2, -0.15) is 0 Å². The van der Waals surface area contributed by atoms with Gasteiger partial charge in [0.25, 0.3) is 0 Å². The van der Waals surface area contributed by atoms with Gasteiger partial charge in [0.2, 0.25) is 0 Å². The van der Waals surface area contributed by atoms with Crippen LogP contribution in [0.3, 0.4) is 0 Å². The number of rotatable bonds is 13. The molecule has 1 aliphatic heterocycles. The van der Waals surface area contributed by atoms with Crippen LogP contribution in [0.2, 0.25) is 0 Å². The number of hydrogen-bond acceptors (Lipinski definition) is 8. The highest BCUT2D eigenvalue weighted by Crippen LogP contribution is 2.40. The number of benzene rings is 2. The van der Waals surface area contributed by atoms with E-state index in [-0.39, 0.29) is 60.4 Å². The minimum atomic E-state index is -0.744. The summed E-state index contributed by atoms with van der Waals surface area (Å²) in [6, 6.07) is 14.4. The molecular formula is C32H42N2O6. The summed E-state index contributed by atoms with van der Waals surface area (Å²) in [4.78, 5) is 39.7. The largest absolute Gasteiger partial charge is 0.505 e. The second-order valence-corrected chi connectivity index (χ2v) is 11.5. The van der Waals surface area contributed by atoms with Crippen LogP contribution in [0.5, 0.6) is 5.75 Å². The van der Waals surface area contributed by atoms with Crippen molar-refractivity contribution in [2.45, 2.75) is 64.5 Å². The molecule has 2 aromatic carbocycles. The van der Waals surface area contributed by atoms with E-state index in [0.717, 1.165) is 38.0 Å². The predicted molar refractivity (Wildman–Crippen MR) is 153 cm³/mol. The first-order valence-corrected chi connectivity index (χ1v) is 14.4. The Morgan fingerprint density at radius 2 is 1.77 bits per heavy atom. The average molecular weight is 551 g/mol.